The summed E-state index contributed by atoms with van der Waals surface area (Å²) in [6.07, 6.45) is 5.43. The molecule has 1 saturated heterocycles. The average Bonchev–Trinajstić information content (AvgIpc) is 3.24. The molecule has 0 aliphatic carbocycles. The fourth-order valence-corrected chi connectivity index (χ4v) is 3.46. The lowest BCUT2D eigenvalue weighted by Crippen LogP contribution is -2.27. The van der Waals surface area contributed by atoms with E-state index >= 15 is 0 Å². The summed E-state index contributed by atoms with van der Waals surface area (Å²) < 4.78 is 5.40. The van der Waals surface area contributed by atoms with E-state index in [9.17, 15) is 4.79 Å². The molecule has 3 aromatic rings. The summed E-state index contributed by atoms with van der Waals surface area (Å²) in [7, 11) is 0. The van der Waals surface area contributed by atoms with Crippen LogP contribution in [-0.4, -0.2) is 28.5 Å². The Hall–Kier alpha value is -2.89. The molecule has 0 saturated carbocycles. The topological polar surface area (TPSA) is 71.3 Å². The normalized spacial score (nSPS) is 17.2. The maximum atomic E-state index is 11.5. The highest BCUT2D eigenvalue weighted by atomic mass is 16.3. The van der Waals surface area contributed by atoms with Crippen LogP contribution in [0.5, 0.6) is 0 Å². The minimum absolute atomic E-state index is 0.126. The van der Waals surface area contributed by atoms with Gasteiger partial charge < -0.3 is 14.6 Å². The van der Waals surface area contributed by atoms with Gasteiger partial charge >= 0.3 is 0 Å². The number of pyridine rings is 1. The Morgan fingerprint density at radius 2 is 2.24 bits per heavy atom. The number of oxazole rings is 1. The molecule has 0 spiro atoms. The Kier molecular flexibility index (Phi) is 3.87. The first kappa shape index (κ1) is 15.6. The molecule has 6 heteroatoms. The van der Waals surface area contributed by atoms with Gasteiger partial charge in [-0.1, -0.05) is 6.07 Å². The van der Waals surface area contributed by atoms with E-state index in [1.165, 1.54) is 13.3 Å². The van der Waals surface area contributed by atoms with E-state index in [2.05, 4.69) is 28.2 Å². The van der Waals surface area contributed by atoms with Gasteiger partial charge in [0, 0.05) is 30.5 Å². The van der Waals surface area contributed by atoms with Crippen LogP contribution in [0.2, 0.25) is 0 Å². The summed E-state index contributed by atoms with van der Waals surface area (Å²) in [5.74, 6) is 2.09. The summed E-state index contributed by atoms with van der Waals surface area (Å²) in [6, 6.07) is 8.48. The fraction of sp³-hybridized carbons (Fsp3) is 0.316. The lowest BCUT2D eigenvalue weighted by Gasteiger charge is -2.25. The number of carbonyl (C=O) groups excluding carboxylic acids is 1. The van der Waals surface area contributed by atoms with Gasteiger partial charge in [-0.25, -0.2) is 9.97 Å². The minimum Gasteiger partial charge on any atom is -0.444 e. The Bertz CT molecular complexity index is 921. The molecule has 1 fully saturated rings. The second kappa shape index (κ2) is 6.20. The number of carbonyl (C=O) groups is 1. The SMILES string of the molecule is CC(=O)Nc1cc2cc(-c3cnco3)ccc2c(N2CCC[C@H]2C)n1. The number of nitrogens with zero attached hydrogens (tertiary/aromatic N) is 3. The Labute approximate surface area is 145 Å². The Morgan fingerprint density at radius 3 is 2.92 bits per heavy atom. The van der Waals surface area contributed by atoms with Gasteiger partial charge in [0.25, 0.3) is 0 Å². The summed E-state index contributed by atoms with van der Waals surface area (Å²) in [5.41, 5.74) is 0.949. The van der Waals surface area contributed by atoms with Gasteiger partial charge in [0.1, 0.15) is 11.6 Å². The maximum Gasteiger partial charge on any atom is 0.222 e. The van der Waals surface area contributed by atoms with Gasteiger partial charge in [-0.3, -0.25) is 4.79 Å². The van der Waals surface area contributed by atoms with Crippen molar-refractivity contribution in [3.63, 3.8) is 0 Å². The molecule has 1 amide bonds. The van der Waals surface area contributed by atoms with Crippen molar-refractivity contribution >= 4 is 28.3 Å². The van der Waals surface area contributed by atoms with Crippen LogP contribution in [0.25, 0.3) is 22.1 Å². The van der Waals surface area contributed by atoms with Crippen molar-refractivity contribution < 1.29 is 9.21 Å². The Morgan fingerprint density at radius 1 is 1.36 bits per heavy atom. The molecule has 3 heterocycles. The number of aromatic nitrogens is 2. The molecule has 2 aromatic heterocycles. The zero-order valence-corrected chi connectivity index (χ0v) is 14.3. The maximum absolute atomic E-state index is 11.5. The monoisotopic (exact) mass is 336 g/mol. The highest BCUT2D eigenvalue weighted by molar-refractivity contribution is 5.98. The second-order valence-corrected chi connectivity index (χ2v) is 6.50. The molecule has 0 bridgehead atoms. The Balaban J connectivity index is 1.88. The molecule has 1 aliphatic rings. The molecule has 0 radical (unpaired) electrons. The van der Waals surface area contributed by atoms with Gasteiger partial charge in [-0.05, 0) is 43.4 Å². The standard InChI is InChI=1S/C19H20N4O2/c1-12-4-3-7-23(12)19-16-6-5-14(17-10-20-11-25-17)8-15(16)9-18(22-19)21-13(2)24/h5-6,8-12H,3-4,7H2,1-2H3,(H,21,22,24)/t12-/m1/s1. The number of amides is 1. The molecule has 1 atom stereocenters. The highest BCUT2D eigenvalue weighted by Crippen LogP contribution is 2.34. The van der Waals surface area contributed by atoms with Crippen LogP contribution in [-0.2, 0) is 4.79 Å². The van der Waals surface area contributed by atoms with E-state index in [-0.39, 0.29) is 5.91 Å². The number of nitrogens with one attached hydrogen (secondary N) is 1. The van der Waals surface area contributed by atoms with Crippen molar-refractivity contribution in [3.05, 3.63) is 36.9 Å². The lowest BCUT2D eigenvalue weighted by molar-refractivity contribution is -0.114. The van der Waals surface area contributed by atoms with E-state index < -0.39 is 0 Å². The predicted octanol–water partition coefficient (Wildman–Crippen LogP) is 3.84. The summed E-state index contributed by atoms with van der Waals surface area (Å²) in [4.78, 5) is 22.5. The van der Waals surface area contributed by atoms with Crippen LogP contribution in [0.3, 0.4) is 0 Å². The highest BCUT2D eigenvalue weighted by Gasteiger charge is 2.24. The predicted molar refractivity (Wildman–Crippen MR) is 97.6 cm³/mol. The number of rotatable bonds is 3. The van der Waals surface area contributed by atoms with E-state index in [1.807, 2.05) is 18.2 Å². The molecule has 25 heavy (non-hydrogen) atoms. The number of hydrogen-bond acceptors (Lipinski definition) is 5. The van der Waals surface area contributed by atoms with Gasteiger partial charge in [0.05, 0.1) is 6.20 Å². The molecule has 1 aromatic carbocycles. The van der Waals surface area contributed by atoms with Crippen molar-refractivity contribution in [2.75, 3.05) is 16.8 Å². The van der Waals surface area contributed by atoms with Crippen molar-refractivity contribution in [3.8, 4) is 11.3 Å². The third kappa shape index (κ3) is 2.95. The van der Waals surface area contributed by atoms with E-state index in [4.69, 9.17) is 9.40 Å². The first-order chi connectivity index (χ1) is 12.1. The zero-order chi connectivity index (χ0) is 17.4. The number of anilines is 2. The van der Waals surface area contributed by atoms with Crippen molar-refractivity contribution in [1.82, 2.24) is 9.97 Å². The molecule has 1 N–H and O–H groups in total. The smallest absolute Gasteiger partial charge is 0.222 e. The van der Waals surface area contributed by atoms with E-state index in [0.717, 1.165) is 47.3 Å². The third-order valence-electron chi connectivity index (χ3n) is 4.66. The van der Waals surface area contributed by atoms with Crippen LogP contribution in [0.1, 0.15) is 26.7 Å². The van der Waals surface area contributed by atoms with Crippen LogP contribution in [0.4, 0.5) is 11.6 Å². The summed E-state index contributed by atoms with van der Waals surface area (Å²) in [6.45, 7) is 4.69. The molecular formula is C19H20N4O2. The first-order valence-electron chi connectivity index (χ1n) is 8.50. The molecule has 6 nitrogen and oxygen atoms in total. The van der Waals surface area contributed by atoms with Crippen LogP contribution in [0, 0.1) is 0 Å². The van der Waals surface area contributed by atoms with Gasteiger partial charge in [0.15, 0.2) is 12.2 Å². The summed E-state index contributed by atoms with van der Waals surface area (Å²) >= 11 is 0. The number of hydrogen-bond donors (Lipinski definition) is 1. The van der Waals surface area contributed by atoms with E-state index in [1.54, 1.807) is 6.20 Å². The van der Waals surface area contributed by atoms with Crippen molar-refractivity contribution in [1.29, 1.82) is 0 Å². The van der Waals surface area contributed by atoms with Gasteiger partial charge in [-0.15, -0.1) is 0 Å². The molecular weight excluding hydrogens is 316 g/mol. The number of fused-ring (bicyclic) bond motifs is 1. The quantitative estimate of drug-likeness (QED) is 0.787. The largest absolute Gasteiger partial charge is 0.444 e. The van der Waals surface area contributed by atoms with Gasteiger partial charge in [-0.2, -0.15) is 0 Å². The van der Waals surface area contributed by atoms with Gasteiger partial charge in [0.2, 0.25) is 5.91 Å². The second-order valence-electron chi connectivity index (χ2n) is 6.50. The van der Waals surface area contributed by atoms with Crippen LogP contribution in [0.15, 0.2) is 41.3 Å². The fourth-order valence-electron chi connectivity index (χ4n) is 3.46. The molecule has 1 aliphatic heterocycles. The number of benzene rings is 1. The third-order valence-corrected chi connectivity index (χ3v) is 4.66. The van der Waals surface area contributed by atoms with Crippen LogP contribution < -0.4 is 10.2 Å². The summed E-state index contributed by atoms with van der Waals surface area (Å²) in [5, 5.41) is 4.91. The first-order valence-corrected chi connectivity index (χ1v) is 8.50. The zero-order valence-electron chi connectivity index (χ0n) is 14.3. The van der Waals surface area contributed by atoms with Crippen LogP contribution >= 0.6 is 0 Å². The minimum atomic E-state index is -0.126. The molecule has 0 unspecified atom stereocenters. The average molecular weight is 336 g/mol. The van der Waals surface area contributed by atoms with E-state index in [0.29, 0.717) is 11.9 Å². The lowest BCUT2D eigenvalue weighted by atomic mass is 10.1. The van der Waals surface area contributed by atoms with Crippen molar-refractivity contribution in [2.45, 2.75) is 32.7 Å². The van der Waals surface area contributed by atoms with Crippen molar-refractivity contribution in [2.24, 2.45) is 0 Å². The molecule has 4 rings (SSSR count). The molecule has 128 valence electrons.